The van der Waals surface area contributed by atoms with Gasteiger partial charge in [0.15, 0.2) is 11.2 Å². The van der Waals surface area contributed by atoms with Gasteiger partial charge in [0.05, 0.1) is 23.8 Å². The van der Waals surface area contributed by atoms with E-state index in [1.807, 2.05) is 19.1 Å². The average Bonchev–Trinajstić information content (AvgIpc) is 3.42. The predicted octanol–water partition coefficient (Wildman–Crippen LogP) is 5.32. The van der Waals surface area contributed by atoms with E-state index in [1.54, 1.807) is 42.5 Å². The number of nitrogens with zero attached hydrogens (tertiary/aromatic N) is 2. The highest BCUT2D eigenvalue weighted by Gasteiger charge is 2.22. The number of rotatable bonds is 4. The second-order valence-electron chi connectivity index (χ2n) is 7.38. The average molecular weight is 442 g/mol. The van der Waals surface area contributed by atoms with Crippen LogP contribution in [0, 0.1) is 6.92 Å². The molecule has 0 aliphatic rings. The Morgan fingerprint density at radius 3 is 2.27 bits per heavy atom. The van der Waals surface area contributed by atoms with Gasteiger partial charge in [0.2, 0.25) is 11.8 Å². The number of methoxy groups -OCH3 is 1. The van der Waals surface area contributed by atoms with Crippen LogP contribution in [0.1, 0.15) is 22.8 Å². The minimum Gasteiger partial charge on any atom is -0.465 e. The van der Waals surface area contributed by atoms with E-state index < -0.39 is 11.9 Å². The molecule has 0 radical (unpaired) electrons. The van der Waals surface area contributed by atoms with Crippen LogP contribution in [0.15, 0.2) is 63.4 Å². The lowest BCUT2D eigenvalue weighted by Gasteiger charge is -2.08. The van der Waals surface area contributed by atoms with E-state index >= 15 is 0 Å². The first-order valence-corrected chi connectivity index (χ1v) is 10.1. The molecule has 3 aromatic carbocycles. The number of hydrogen-bond donors (Lipinski definition) is 0. The number of benzene rings is 3. The van der Waals surface area contributed by atoms with Gasteiger partial charge in [-0.05, 0) is 42.8 Å². The quantitative estimate of drug-likeness (QED) is 0.272. The molecule has 0 aliphatic carbocycles. The maximum atomic E-state index is 12.1. The topological polar surface area (TPSA) is 105 Å². The number of fused-ring (bicyclic) bond motifs is 2. The van der Waals surface area contributed by atoms with Crippen molar-refractivity contribution in [2.24, 2.45) is 0 Å². The van der Waals surface area contributed by atoms with Gasteiger partial charge in [-0.3, -0.25) is 4.79 Å². The van der Waals surface area contributed by atoms with Crippen molar-refractivity contribution in [3.63, 3.8) is 0 Å². The van der Waals surface area contributed by atoms with Crippen molar-refractivity contribution in [3.05, 3.63) is 65.7 Å². The molecular weight excluding hydrogens is 424 g/mol. The van der Waals surface area contributed by atoms with Crippen LogP contribution in [0.3, 0.4) is 0 Å². The van der Waals surface area contributed by atoms with E-state index in [2.05, 4.69) is 9.97 Å². The molecule has 2 aromatic heterocycles. The summed E-state index contributed by atoms with van der Waals surface area (Å²) < 4.78 is 22.2. The lowest BCUT2D eigenvalue weighted by molar-refractivity contribution is -0.131. The fourth-order valence-corrected chi connectivity index (χ4v) is 3.72. The first kappa shape index (κ1) is 20.4. The summed E-state index contributed by atoms with van der Waals surface area (Å²) in [7, 11) is 1.31. The largest absolute Gasteiger partial charge is 0.465 e. The summed E-state index contributed by atoms with van der Waals surface area (Å²) >= 11 is 0. The SMILES string of the molecule is COC(=O)c1cccc2oc(-c3cccc4oc(-c5c(C)cccc5OC(C)=O)nc34)nc12. The van der Waals surface area contributed by atoms with Gasteiger partial charge in [-0.25, -0.2) is 14.8 Å². The van der Waals surface area contributed by atoms with Crippen LogP contribution in [0.2, 0.25) is 0 Å². The molecule has 5 aromatic rings. The van der Waals surface area contributed by atoms with Crippen molar-refractivity contribution in [1.82, 2.24) is 9.97 Å². The highest BCUT2D eigenvalue weighted by Crippen LogP contribution is 2.38. The summed E-state index contributed by atoms with van der Waals surface area (Å²) in [5, 5.41) is 0. The van der Waals surface area contributed by atoms with Gasteiger partial charge in [-0.2, -0.15) is 0 Å². The monoisotopic (exact) mass is 442 g/mol. The smallest absolute Gasteiger partial charge is 0.340 e. The van der Waals surface area contributed by atoms with Crippen LogP contribution in [0.25, 0.3) is 45.1 Å². The summed E-state index contributed by atoms with van der Waals surface area (Å²) in [6.07, 6.45) is 0. The van der Waals surface area contributed by atoms with Crippen LogP contribution in [-0.4, -0.2) is 29.0 Å². The van der Waals surface area contributed by atoms with Gasteiger partial charge in [0, 0.05) is 6.92 Å². The van der Waals surface area contributed by atoms with Crippen LogP contribution >= 0.6 is 0 Å². The van der Waals surface area contributed by atoms with Gasteiger partial charge in [0.25, 0.3) is 0 Å². The van der Waals surface area contributed by atoms with Crippen molar-refractivity contribution < 1.29 is 27.9 Å². The number of esters is 2. The van der Waals surface area contributed by atoms with E-state index in [1.165, 1.54) is 14.0 Å². The van der Waals surface area contributed by atoms with Crippen molar-refractivity contribution in [1.29, 1.82) is 0 Å². The third-order valence-electron chi connectivity index (χ3n) is 5.18. The summed E-state index contributed by atoms with van der Waals surface area (Å²) in [6.45, 7) is 3.22. The molecule has 0 aliphatic heterocycles. The molecule has 0 spiro atoms. The number of oxazole rings is 2. The molecule has 0 saturated heterocycles. The van der Waals surface area contributed by atoms with Crippen molar-refractivity contribution in [2.75, 3.05) is 7.11 Å². The highest BCUT2D eigenvalue weighted by molar-refractivity contribution is 6.02. The van der Waals surface area contributed by atoms with Crippen LogP contribution in [0.4, 0.5) is 0 Å². The fourth-order valence-electron chi connectivity index (χ4n) is 3.72. The maximum Gasteiger partial charge on any atom is 0.340 e. The number of aromatic nitrogens is 2. The Morgan fingerprint density at radius 1 is 0.848 bits per heavy atom. The summed E-state index contributed by atoms with van der Waals surface area (Å²) in [5.74, 6) is 0.0154. The lowest BCUT2D eigenvalue weighted by Crippen LogP contribution is -2.03. The molecule has 0 saturated carbocycles. The van der Waals surface area contributed by atoms with Crippen LogP contribution < -0.4 is 4.74 Å². The Balaban J connectivity index is 1.68. The summed E-state index contributed by atoms with van der Waals surface area (Å²) in [6, 6.07) is 15.8. The molecule has 8 heteroatoms. The van der Waals surface area contributed by atoms with E-state index in [-0.39, 0.29) is 5.89 Å². The molecular formula is C25H18N2O6. The second-order valence-corrected chi connectivity index (χ2v) is 7.38. The van der Waals surface area contributed by atoms with Gasteiger partial charge in [-0.1, -0.05) is 24.3 Å². The van der Waals surface area contributed by atoms with E-state index in [0.29, 0.717) is 50.5 Å². The van der Waals surface area contributed by atoms with E-state index in [4.69, 9.17) is 18.3 Å². The third-order valence-corrected chi connectivity index (χ3v) is 5.18. The summed E-state index contributed by atoms with van der Waals surface area (Å²) in [4.78, 5) is 32.9. The Morgan fingerprint density at radius 2 is 1.52 bits per heavy atom. The standard InChI is InChI=1S/C25H18N2O6/c1-13-7-4-10-17(31-14(2)28)20(13)24-27-21-15(8-5-11-18(21)33-24)23-26-22-16(25(29)30-3)9-6-12-19(22)32-23/h4-12H,1-3H3. The van der Waals surface area contributed by atoms with Gasteiger partial charge < -0.3 is 18.3 Å². The molecule has 0 bridgehead atoms. The third kappa shape index (κ3) is 3.51. The van der Waals surface area contributed by atoms with Gasteiger partial charge >= 0.3 is 11.9 Å². The number of para-hydroxylation sites is 2. The Hall–Kier alpha value is -4.46. The fraction of sp³-hybridized carbons (Fsp3) is 0.120. The van der Waals surface area contributed by atoms with E-state index in [0.717, 1.165) is 5.56 Å². The molecule has 0 unspecified atom stereocenters. The van der Waals surface area contributed by atoms with Crippen LogP contribution in [0.5, 0.6) is 5.75 Å². The second kappa shape index (κ2) is 7.90. The highest BCUT2D eigenvalue weighted by atomic mass is 16.5. The summed E-state index contributed by atoms with van der Waals surface area (Å²) in [5.41, 5.74) is 4.21. The molecule has 164 valence electrons. The van der Waals surface area contributed by atoms with Crippen molar-refractivity contribution in [3.8, 4) is 28.7 Å². The molecule has 0 fully saturated rings. The van der Waals surface area contributed by atoms with Crippen LogP contribution in [-0.2, 0) is 9.53 Å². The normalized spacial score (nSPS) is 11.1. The Kier molecular flexibility index (Phi) is 4.90. The van der Waals surface area contributed by atoms with Crippen molar-refractivity contribution in [2.45, 2.75) is 13.8 Å². The lowest BCUT2D eigenvalue weighted by atomic mass is 10.1. The number of ether oxygens (including phenoxy) is 2. The zero-order valence-electron chi connectivity index (χ0n) is 18.0. The molecule has 5 rings (SSSR count). The molecule has 0 atom stereocenters. The Labute approximate surface area is 187 Å². The molecule has 0 amide bonds. The zero-order chi connectivity index (χ0) is 23.1. The maximum absolute atomic E-state index is 12.1. The number of carbonyl (C=O) groups is 2. The molecule has 33 heavy (non-hydrogen) atoms. The zero-order valence-corrected chi connectivity index (χ0v) is 18.0. The number of carbonyl (C=O) groups excluding carboxylic acids is 2. The van der Waals surface area contributed by atoms with Gasteiger partial charge in [-0.15, -0.1) is 0 Å². The molecule has 8 nitrogen and oxygen atoms in total. The molecule has 2 heterocycles. The Bertz CT molecular complexity index is 1550. The van der Waals surface area contributed by atoms with E-state index in [9.17, 15) is 9.59 Å². The van der Waals surface area contributed by atoms with Crippen molar-refractivity contribution >= 4 is 34.1 Å². The van der Waals surface area contributed by atoms with Gasteiger partial charge in [0.1, 0.15) is 16.8 Å². The predicted molar refractivity (Wildman–Crippen MR) is 120 cm³/mol. The molecule has 0 N–H and O–H groups in total. The first-order valence-electron chi connectivity index (χ1n) is 10.1. The first-order chi connectivity index (χ1) is 16.0. The minimum absolute atomic E-state index is 0.289. The number of hydrogen-bond acceptors (Lipinski definition) is 8. The minimum atomic E-state index is -0.500. The number of aryl methyl sites for hydroxylation is 1.